The van der Waals surface area contributed by atoms with Crippen LogP contribution in [0.25, 0.3) is 0 Å². The zero-order valence-corrected chi connectivity index (χ0v) is 15.0. The molecular weight excluding hydrogens is 318 g/mol. The summed E-state index contributed by atoms with van der Waals surface area (Å²) in [6.07, 6.45) is 2.03. The molecule has 3 fully saturated rings. The van der Waals surface area contributed by atoms with Crippen molar-refractivity contribution in [3.05, 3.63) is 35.4 Å². The Morgan fingerprint density at radius 2 is 1.76 bits per heavy atom. The van der Waals surface area contributed by atoms with Gasteiger partial charge < -0.3 is 9.47 Å². The maximum Gasteiger partial charge on any atom is 0.261 e. The van der Waals surface area contributed by atoms with E-state index >= 15 is 0 Å². The molecule has 1 aliphatic heterocycles. The topological polar surface area (TPSA) is 55.8 Å². The normalized spacial score (nSPS) is 32.5. The first-order chi connectivity index (χ1) is 12.0. The fraction of sp³-hybridized carbons (Fsp3) is 0.600. The molecule has 1 aromatic carbocycles. The molecule has 1 aromatic rings. The van der Waals surface area contributed by atoms with Crippen molar-refractivity contribution in [1.82, 2.24) is 4.90 Å². The monoisotopic (exact) mass is 343 g/mol. The van der Waals surface area contributed by atoms with Crippen LogP contribution in [0.2, 0.25) is 0 Å². The summed E-state index contributed by atoms with van der Waals surface area (Å²) in [6.45, 7) is 5.36. The van der Waals surface area contributed by atoms with Gasteiger partial charge in [0.25, 0.3) is 11.8 Å². The molecule has 134 valence electrons. The Hall–Kier alpha value is -1.72. The number of nitrogens with zero attached hydrogens (tertiary/aromatic N) is 1. The van der Waals surface area contributed by atoms with Gasteiger partial charge in [0.1, 0.15) is 6.79 Å². The van der Waals surface area contributed by atoms with Gasteiger partial charge in [0.2, 0.25) is 0 Å². The van der Waals surface area contributed by atoms with E-state index in [0.717, 1.165) is 12.8 Å². The Balaban J connectivity index is 1.63. The van der Waals surface area contributed by atoms with E-state index in [0.29, 0.717) is 29.6 Å². The number of amides is 2. The minimum Gasteiger partial charge on any atom is -0.359 e. The number of imide groups is 1. The summed E-state index contributed by atoms with van der Waals surface area (Å²) in [6, 6.07) is 7.04. The van der Waals surface area contributed by atoms with Crippen molar-refractivity contribution in [2.75, 3.05) is 20.5 Å². The van der Waals surface area contributed by atoms with Gasteiger partial charge in [-0.2, -0.15) is 0 Å². The van der Waals surface area contributed by atoms with Crippen LogP contribution >= 0.6 is 0 Å². The lowest BCUT2D eigenvalue weighted by molar-refractivity contribution is -0.161. The number of methoxy groups -OCH3 is 1. The quantitative estimate of drug-likeness (QED) is 0.469. The Morgan fingerprint density at radius 1 is 1.12 bits per heavy atom. The van der Waals surface area contributed by atoms with Crippen molar-refractivity contribution in [3.8, 4) is 0 Å². The highest BCUT2D eigenvalue weighted by Crippen LogP contribution is 2.62. The highest BCUT2D eigenvalue weighted by Gasteiger charge is 2.60. The predicted octanol–water partition coefficient (Wildman–Crippen LogP) is 2.95. The lowest BCUT2D eigenvalue weighted by Gasteiger charge is -2.63. The second kappa shape index (κ2) is 5.92. The Labute approximate surface area is 148 Å². The lowest BCUT2D eigenvalue weighted by atomic mass is 9.44. The zero-order chi connectivity index (χ0) is 17.8. The van der Waals surface area contributed by atoms with E-state index in [1.807, 2.05) is 12.1 Å². The fourth-order valence-corrected chi connectivity index (χ4v) is 5.22. The molecule has 25 heavy (non-hydrogen) atoms. The van der Waals surface area contributed by atoms with E-state index in [-0.39, 0.29) is 36.0 Å². The largest absolute Gasteiger partial charge is 0.359 e. The summed E-state index contributed by atoms with van der Waals surface area (Å²) in [4.78, 5) is 27.3. The molecule has 0 N–H and O–H groups in total. The molecule has 1 heterocycles. The minimum atomic E-state index is -0.151. The Morgan fingerprint density at radius 3 is 2.32 bits per heavy atom. The molecule has 0 radical (unpaired) electrons. The minimum absolute atomic E-state index is 0.0824. The van der Waals surface area contributed by atoms with Gasteiger partial charge in [-0.3, -0.25) is 14.5 Å². The molecular formula is C20H25NO4. The molecule has 3 saturated carbocycles. The first-order valence-electron chi connectivity index (χ1n) is 9.00. The van der Waals surface area contributed by atoms with Crippen LogP contribution in [0.5, 0.6) is 0 Å². The molecule has 4 atom stereocenters. The van der Waals surface area contributed by atoms with Gasteiger partial charge in [-0.1, -0.05) is 26.0 Å². The molecule has 3 aliphatic carbocycles. The van der Waals surface area contributed by atoms with E-state index < -0.39 is 0 Å². The van der Waals surface area contributed by atoms with E-state index in [4.69, 9.17) is 9.47 Å². The summed E-state index contributed by atoms with van der Waals surface area (Å²) >= 11 is 0. The molecule has 0 aromatic heterocycles. The van der Waals surface area contributed by atoms with E-state index in [1.165, 1.54) is 4.90 Å². The number of carbonyl (C=O) groups excluding carboxylic acids is 2. The second-order valence-corrected chi connectivity index (χ2v) is 8.13. The molecule has 5 heteroatoms. The van der Waals surface area contributed by atoms with Gasteiger partial charge in [0.15, 0.2) is 0 Å². The van der Waals surface area contributed by atoms with Crippen molar-refractivity contribution in [3.63, 3.8) is 0 Å². The van der Waals surface area contributed by atoms with Crippen LogP contribution in [0.1, 0.15) is 47.4 Å². The SMILES string of the molecule is COCOCC1C(N2C(=O)c3ccccc3C2=O)CC2CC1C2(C)C. The maximum absolute atomic E-state index is 12.9. The van der Waals surface area contributed by atoms with Crippen LogP contribution in [0.15, 0.2) is 24.3 Å². The number of fused-ring (bicyclic) bond motifs is 3. The van der Waals surface area contributed by atoms with Gasteiger partial charge in [-0.05, 0) is 42.2 Å². The van der Waals surface area contributed by atoms with Crippen molar-refractivity contribution < 1.29 is 19.1 Å². The van der Waals surface area contributed by atoms with Crippen LogP contribution in [0.3, 0.4) is 0 Å². The number of ether oxygens (including phenoxy) is 2. The summed E-state index contributed by atoms with van der Waals surface area (Å²) in [5, 5.41) is 0. The Bertz CT molecular complexity index is 678. The number of hydrogen-bond donors (Lipinski definition) is 0. The summed E-state index contributed by atoms with van der Waals surface area (Å²) in [7, 11) is 1.60. The molecule has 2 bridgehead atoms. The summed E-state index contributed by atoms with van der Waals surface area (Å²) < 4.78 is 10.7. The molecule has 4 unspecified atom stereocenters. The number of carbonyl (C=O) groups is 2. The van der Waals surface area contributed by atoms with E-state index in [9.17, 15) is 9.59 Å². The third kappa shape index (κ3) is 2.36. The molecule has 5 nitrogen and oxygen atoms in total. The van der Waals surface area contributed by atoms with Gasteiger partial charge in [0, 0.05) is 19.1 Å². The van der Waals surface area contributed by atoms with Crippen molar-refractivity contribution >= 4 is 11.8 Å². The smallest absolute Gasteiger partial charge is 0.261 e. The summed E-state index contributed by atoms with van der Waals surface area (Å²) in [5.41, 5.74) is 1.31. The lowest BCUT2D eigenvalue weighted by Crippen LogP contribution is -2.63. The van der Waals surface area contributed by atoms with Gasteiger partial charge in [-0.25, -0.2) is 0 Å². The zero-order valence-electron chi connectivity index (χ0n) is 15.0. The average molecular weight is 343 g/mol. The molecule has 5 rings (SSSR count). The Kier molecular flexibility index (Phi) is 3.96. The number of rotatable bonds is 5. The fourth-order valence-electron chi connectivity index (χ4n) is 5.22. The third-order valence-electron chi connectivity index (χ3n) is 6.75. The summed E-state index contributed by atoms with van der Waals surface area (Å²) in [5.74, 6) is 0.892. The third-order valence-corrected chi connectivity index (χ3v) is 6.75. The van der Waals surface area contributed by atoms with Crippen LogP contribution in [-0.2, 0) is 9.47 Å². The number of hydrogen-bond acceptors (Lipinski definition) is 4. The first kappa shape index (κ1) is 16.7. The van der Waals surface area contributed by atoms with Crippen LogP contribution in [-0.4, -0.2) is 43.3 Å². The van der Waals surface area contributed by atoms with Gasteiger partial charge >= 0.3 is 0 Å². The molecule has 2 amide bonds. The standard InChI is InChI=1S/C20H25NO4/c1-20(2)12-8-16(20)15(10-25-11-24-3)17(9-12)21-18(22)13-6-4-5-7-14(13)19(21)23/h4-7,12,15-17H,8-11H2,1-3H3. The van der Waals surface area contributed by atoms with Crippen LogP contribution in [0.4, 0.5) is 0 Å². The maximum atomic E-state index is 12.9. The average Bonchev–Trinajstić information content (AvgIpc) is 2.86. The predicted molar refractivity (Wildman–Crippen MR) is 92.0 cm³/mol. The first-order valence-corrected chi connectivity index (χ1v) is 9.00. The van der Waals surface area contributed by atoms with Crippen LogP contribution in [0, 0.1) is 23.2 Å². The van der Waals surface area contributed by atoms with E-state index in [1.54, 1.807) is 19.2 Å². The molecule has 4 aliphatic rings. The van der Waals surface area contributed by atoms with Gasteiger partial charge in [-0.15, -0.1) is 0 Å². The highest BCUT2D eigenvalue weighted by molar-refractivity contribution is 6.21. The van der Waals surface area contributed by atoms with Crippen molar-refractivity contribution in [1.29, 1.82) is 0 Å². The van der Waals surface area contributed by atoms with E-state index in [2.05, 4.69) is 13.8 Å². The molecule has 0 spiro atoms. The molecule has 0 saturated heterocycles. The number of benzene rings is 1. The van der Waals surface area contributed by atoms with Crippen molar-refractivity contribution in [2.45, 2.75) is 32.7 Å². The second-order valence-electron chi connectivity index (χ2n) is 8.13. The van der Waals surface area contributed by atoms with Gasteiger partial charge in [0.05, 0.1) is 17.7 Å². The van der Waals surface area contributed by atoms with Crippen LogP contribution < -0.4 is 0 Å². The van der Waals surface area contributed by atoms with Crippen molar-refractivity contribution in [2.24, 2.45) is 23.2 Å². The highest BCUT2D eigenvalue weighted by atomic mass is 16.7.